The third kappa shape index (κ3) is 4.36. The van der Waals surface area contributed by atoms with Gasteiger partial charge in [0.25, 0.3) is 0 Å². The van der Waals surface area contributed by atoms with Crippen molar-refractivity contribution in [2.45, 2.75) is 31.7 Å². The van der Waals surface area contributed by atoms with Gasteiger partial charge in [-0.2, -0.15) is 5.10 Å². The molecule has 2 aromatic heterocycles. The largest absolute Gasteiger partial charge is 0.507 e. The van der Waals surface area contributed by atoms with Crippen molar-refractivity contribution in [3.63, 3.8) is 0 Å². The van der Waals surface area contributed by atoms with Gasteiger partial charge in [0.1, 0.15) is 5.75 Å². The average molecular weight is 433 g/mol. The molecule has 3 aromatic rings. The van der Waals surface area contributed by atoms with E-state index in [-0.39, 0.29) is 5.75 Å². The molecule has 5 rings (SSSR count). The van der Waals surface area contributed by atoms with Gasteiger partial charge in [-0.3, -0.25) is 0 Å². The summed E-state index contributed by atoms with van der Waals surface area (Å²) in [7, 11) is 1.55. The molecular weight excluding hydrogens is 404 g/mol. The summed E-state index contributed by atoms with van der Waals surface area (Å²) in [4.78, 5) is 2.30. The Morgan fingerprint density at radius 1 is 1.06 bits per heavy atom. The van der Waals surface area contributed by atoms with E-state index in [1.54, 1.807) is 25.4 Å². The molecule has 0 bridgehead atoms. The van der Waals surface area contributed by atoms with E-state index in [0.717, 1.165) is 42.6 Å². The van der Waals surface area contributed by atoms with Crippen LogP contribution in [-0.4, -0.2) is 58.3 Å². The molecule has 0 radical (unpaired) electrons. The lowest BCUT2D eigenvalue weighted by atomic mass is 9.92. The van der Waals surface area contributed by atoms with Gasteiger partial charge in [0.05, 0.1) is 19.0 Å². The average Bonchev–Trinajstić information content (AvgIpc) is 3.27. The summed E-state index contributed by atoms with van der Waals surface area (Å²) in [6.45, 7) is 3.11. The summed E-state index contributed by atoms with van der Waals surface area (Å²) in [5, 5.41) is 31.0. The van der Waals surface area contributed by atoms with Crippen LogP contribution in [0.1, 0.15) is 25.7 Å². The van der Waals surface area contributed by atoms with Gasteiger partial charge in [-0.25, -0.2) is 0 Å². The molecule has 2 fully saturated rings. The van der Waals surface area contributed by atoms with E-state index in [2.05, 4.69) is 30.6 Å². The fourth-order valence-corrected chi connectivity index (χ4v) is 4.32. The second kappa shape index (κ2) is 9.08. The summed E-state index contributed by atoms with van der Waals surface area (Å²) in [6, 6.07) is 11.9. The molecule has 166 valence electrons. The Morgan fingerprint density at radius 2 is 1.97 bits per heavy atom. The molecule has 0 spiro atoms. The minimum Gasteiger partial charge on any atom is -0.507 e. The van der Waals surface area contributed by atoms with E-state index in [4.69, 9.17) is 4.74 Å². The third-order valence-corrected chi connectivity index (χ3v) is 6.51. The highest BCUT2D eigenvalue weighted by Crippen LogP contribution is 2.33. The fourth-order valence-electron chi connectivity index (χ4n) is 4.32. The Balaban J connectivity index is 1.25. The number of aromatic hydroxyl groups is 1. The number of benzene rings is 1. The molecule has 8 nitrogen and oxygen atoms in total. The van der Waals surface area contributed by atoms with Crippen molar-refractivity contribution in [1.29, 1.82) is 0 Å². The predicted molar refractivity (Wildman–Crippen MR) is 123 cm³/mol. The van der Waals surface area contributed by atoms with Crippen molar-refractivity contribution in [3.05, 3.63) is 42.6 Å². The number of aromatic nitrogens is 4. The lowest BCUT2D eigenvalue weighted by Gasteiger charge is -2.28. The summed E-state index contributed by atoms with van der Waals surface area (Å²) < 4.78 is 5.13. The highest BCUT2D eigenvalue weighted by molar-refractivity contribution is 5.74. The van der Waals surface area contributed by atoms with Gasteiger partial charge < -0.3 is 20.1 Å². The van der Waals surface area contributed by atoms with Crippen molar-refractivity contribution >= 4 is 5.82 Å². The molecule has 32 heavy (non-hydrogen) atoms. The molecule has 3 heterocycles. The molecule has 1 unspecified atom stereocenters. The Hall–Kier alpha value is -3.26. The first-order valence-corrected chi connectivity index (χ1v) is 11.2. The number of methoxy groups -OCH3 is 1. The van der Waals surface area contributed by atoms with Crippen molar-refractivity contribution in [3.8, 4) is 34.0 Å². The van der Waals surface area contributed by atoms with E-state index >= 15 is 0 Å². The Kier molecular flexibility index (Phi) is 5.85. The van der Waals surface area contributed by atoms with E-state index in [1.165, 1.54) is 25.7 Å². The van der Waals surface area contributed by atoms with Gasteiger partial charge in [0, 0.05) is 36.3 Å². The van der Waals surface area contributed by atoms with Crippen LogP contribution in [0.25, 0.3) is 22.4 Å². The molecule has 1 aromatic carbocycles. The first-order chi connectivity index (χ1) is 15.7. The maximum Gasteiger partial charge on any atom is 0.233 e. The van der Waals surface area contributed by atoms with Crippen LogP contribution in [0.3, 0.4) is 0 Å². The summed E-state index contributed by atoms with van der Waals surface area (Å²) in [5.74, 6) is 2.13. The van der Waals surface area contributed by atoms with Crippen LogP contribution in [0.4, 0.5) is 5.82 Å². The van der Waals surface area contributed by atoms with Crippen LogP contribution in [0.2, 0.25) is 0 Å². The Bertz CT molecular complexity index is 1070. The molecule has 1 saturated heterocycles. The number of hydrogen-bond acceptors (Lipinski definition) is 8. The minimum absolute atomic E-state index is 0.142. The van der Waals surface area contributed by atoms with Crippen LogP contribution < -0.4 is 15.0 Å². The number of rotatable bonds is 7. The van der Waals surface area contributed by atoms with E-state index in [0.29, 0.717) is 23.1 Å². The lowest BCUT2D eigenvalue weighted by Crippen LogP contribution is -2.38. The zero-order valence-corrected chi connectivity index (χ0v) is 18.2. The summed E-state index contributed by atoms with van der Waals surface area (Å²) >= 11 is 0. The number of nitrogens with zero attached hydrogens (tertiary/aromatic N) is 5. The number of nitrogens with one attached hydrogen (secondary N) is 1. The third-order valence-electron chi connectivity index (χ3n) is 6.51. The molecule has 1 saturated carbocycles. The molecular formula is C24H28N6O2. The highest BCUT2D eigenvalue weighted by atomic mass is 16.5. The summed E-state index contributed by atoms with van der Waals surface area (Å²) in [6.07, 6.45) is 6.83. The molecule has 0 amide bonds. The van der Waals surface area contributed by atoms with Gasteiger partial charge in [-0.05, 0) is 61.6 Å². The van der Waals surface area contributed by atoms with Crippen molar-refractivity contribution in [1.82, 2.24) is 25.7 Å². The van der Waals surface area contributed by atoms with Crippen molar-refractivity contribution in [2.24, 2.45) is 5.92 Å². The van der Waals surface area contributed by atoms with Crippen LogP contribution >= 0.6 is 0 Å². The molecule has 1 aliphatic heterocycles. The van der Waals surface area contributed by atoms with E-state index in [9.17, 15) is 5.11 Å². The first-order valence-electron chi connectivity index (χ1n) is 11.2. The SMILES string of the molecule is COc1cc(-c2ccc(-c3ccc(N4CCC(CNC5CCC5)C4)nn3)c(O)c2)cnn1. The zero-order valence-electron chi connectivity index (χ0n) is 18.2. The molecule has 2 aliphatic rings. The second-order valence-electron chi connectivity index (χ2n) is 8.63. The summed E-state index contributed by atoms with van der Waals surface area (Å²) in [5.41, 5.74) is 2.93. The normalized spacial score (nSPS) is 18.5. The fraction of sp³-hybridized carbons (Fsp3) is 0.417. The first kappa shape index (κ1) is 20.6. The van der Waals surface area contributed by atoms with E-state index in [1.807, 2.05) is 24.3 Å². The molecule has 1 atom stereocenters. The van der Waals surface area contributed by atoms with Gasteiger partial charge in [0.2, 0.25) is 5.88 Å². The Labute approximate surface area is 187 Å². The highest BCUT2D eigenvalue weighted by Gasteiger charge is 2.25. The topological polar surface area (TPSA) is 96.3 Å². The van der Waals surface area contributed by atoms with Crippen LogP contribution in [0, 0.1) is 5.92 Å². The second-order valence-corrected chi connectivity index (χ2v) is 8.63. The number of hydrogen-bond donors (Lipinski definition) is 2. The monoisotopic (exact) mass is 432 g/mol. The lowest BCUT2D eigenvalue weighted by molar-refractivity contribution is 0.321. The maximum absolute atomic E-state index is 10.6. The van der Waals surface area contributed by atoms with Crippen LogP contribution in [-0.2, 0) is 0 Å². The maximum atomic E-state index is 10.6. The predicted octanol–water partition coefficient (Wildman–Crippen LogP) is 3.28. The number of phenolic OH excluding ortho intramolecular Hbond substituents is 1. The van der Waals surface area contributed by atoms with E-state index < -0.39 is 0 Å². The molecule has 1 aliphatic carbocycles. The van der Waals surface area contributed by atoms with Gasteiger partial charge >= 0.3 is 0 Å². The quantitative estimate of drug-likeness (QED) is 0.587. The van der Waals surface area contributed by atoms with Gasteiger partial charge in [-0.1, -0.05) is 12.5 Å². The van der Waals surface area contributed by atoms with Crippen molar-refractivity contribution < 1.29 is 9.84 Å². The standard InChI is InChI=1S/C24H28N6O2/c1-32-24-12-18(14-26-29-24)17-5-6-20(22(31)11-17)21-7-8-23(28-27-21)30-10-9-16(15-30)13-25-19-3-2-4-19/h5-8,11-12,14,16,19,25,31H,2-4,9-10,13,15H2,1H3. The van der Waals surface area contributed by atoms with Crippen molar-refractivity contribution in [2.75, 3.05) is 31.6 Å². The number of phenols is 1. The van der Waals surface area contributed by atoms with Gasteiger partial charge in [0.15, 0.2) is 5.82 Å². The number of anilines is 1. The smallest absolute Gasteiger partial charge is 0.233 e. The van der Waals surface area contributed by atoms with Crippen LogP contribution in [0.5, 0.6) is 11.6 Å². The van der Waals surface area contributed by atoms with Crippen LogP contribution in [0.15, 0.2) is 42.6 Å². The Morgan fingerprint density at radius 3 is 2.69 bits per heavy atom. The molecule has 8 heteroatoms. The zero-order chi connectivity index (χ0) is 21.9. The molecule has 2 N–H and O–H groups in total. The minimum atomic E-state index is 0.142. The van der Waals surface area contributed by atoms with Gasteiger partial charge in [-0.15, -0.1) is 15.3 Å². The number of ether oxygens (including phenoxy) is 1.